The van der Waals surface area contributed by atoms with Gasteiger partial charge in [0.25, 0.3) is 0 Å². The number of halogens is 3. The third-order valence-corrected chi connectivity index (χ3v) is 2.96. The Hall–Kier alpha value is -2.78. The minimum atomic E-state index is -4.96. The maximum atomic E-state index is 12.2. The van der Waals surface area contributed by atoms with E-state index in [1.165, 1.54) is 6.07 Å². The van der Waals surface area contributed by atoms with Gasteiger partial charge in [0.1, 0.15) is 0 Å². The fraction of sp³-hybridized carbons (Fsp3) is 0.400. The summed E-state index contributed by atoms with van der Waals surface area (Å²) in [6.45, 7) is 1.51. The number of aryl methyl sites for hydroxylation is 1. The molecule has 0 bridgehead atoms. The molecule has 1 rings (SSSR count). The second-order valence-electron chi connectivity index (χ2n) is 5.27. The number of anilines is 1. The van der Waals surface area contributed by atoms with Gasteiger partial charge in [-0.25, -0.2) is 4.79 Å². The molecule has 0 saturated heterocycles. The van der Waals surface area contributed by atoms with Gasteiger partial charge < -0.3 is 21.1 Å². The molecule has 0 spiro atoms. The number of benzene rings is 1. The number of carboxylic acids is 1. The summed E-state index contributed by atoms with van der Waals surface area (Å²) in [5.41, 5.74) is 1.41. The molecule has 4 N–H and O–H groups in total. The summed E-state index contributed by atoms with van der Waals surface area (Å²) in [7, 11) is 0. The SMILES string of the molecule is Cc1cc(CNC(=O)C(F)(F)F)cc(NC(=O)NCCCC(=O)O)c1. The number of alkyl halides is 3. The molecule has 0 radical (unpaired) electrons. The summed E-state index contributed by atoms with van der Waals surface area (Å²) in [6.07, 6.45) is -4.76. The van der Waals surface area contributed by atoms with Gasteiger partial charge in [0.15, 0.2) is 0 Å². The van der Waals surface area contributed by atoms with Crippen molar-refractivity contribution in [3.8, 4) is 0 Å². The molecule has 0 fully saturated rings. The summed E-state index contributed by atoms with van der Waals surface area (Å²) < 4.78 is 36.5. The highest BCUT2D eigenvalue weighted by molar-refractivity contribution is 5.89. The lowest BCUT2D eigenvalue weighted by Crippen LogP contribution is -2.36. The number of hydrogen-bond donors (Lipinski definition) is 4. The Balaban J connectivity index is 2.58. The van der Waals surface area contributed by atoms with Crippen molar-refractivity contribution in [3.05, 3.63) is 29.3 Å². The standard InChI is InChI=1S/C15H18F3N3O4/c1-9-5-10(8-20-13(24)15(16,17)18)7-11(6-9)21-14(25)19-4-2-3-12(22)23/h5-7H,2-4,8H2,1H3,(H,20,24)(H,22,23)(H2,19,21,25). The largest absolute Gasteiger partial charge is 0.481 e. The normalized spacial score (nSPS) is 10.9. The maximum absolute atomic E-state index is 12.2. The Labute approximate surface area is 141 Å². The van der Waals surface area contributed by atoms with Crippen LogP contribution >= 0.6 is 0 Å². The second kappa shape index (κ2) is 8.90. The van der Waals surface area contributed by atoms with Crippen LogP contribution in [-0.2, 0) is 16.1 Å². The lowest BCUT2D eigenvalue weighted by Gasteiger charge is -2.12. The molecule has 0 atom stereocenters. The van der Waals surface area contributed by atoms with Crippen LogP contribution in [0.4, 0.5) is 23.7 Å². The zero-order chi connectivity index (χ0) is 19.0. The molecular formula is C15H18F3N3O4. The van der Waals surface area contributed by atoms with Crippen LogP contribution in [0.25, 0.3) is 0 Å². The summed E-state index contributed by atoms with van der Waals surface area (Å²) in [5.74, 6) is -3.01. The van der Waals surface area contributed by atoms with E-state index in [9.17, 15) is 27.6 Å². The summed E-state index contributed by atoms with van der Waals surface area (Å²) in [6, 6.07) is 4.04. The van der Waals surface area contributed by atoms with Crippen molar-refractivity contribution < 1.29 is 32.7 Å². The van der Waals surface area contributed by atoms with Crippen molar-refractivity contribution in [3.63, 3.8) is 0 Å². The number of aliphatic carboxylic acids is 1. The van der Waals surface area contributed by atoms with E-state index in [0.29, 0.717) is 16.8 Å². The number of amides is 3. The highest BCUT2D eigenvalue weighted by atomic mass is 19.4. The van der Waals surface area contributed by atoms with Crippen molar-refractivity contribution in [2.24, 2.45) is 0 Å². The smallest absolute Gasteiger partial charge is 0.471 e. The predicted octanol–water partition coefficient (Wildman–Crippen LogP) is 2.16. The summed E-state index contributed by atoms with van der Waals surface area (Å²) in [4.78, 5) is 32.9. The van der Waals surface area contributed by atoms with Crippen LogP contribution in [0.2, 0.25) is 0 Å². The van der Waals surface area contributed by atoms with Crippen LogP contribution in [0.3, 0.4) is 0 Å². The lowest BCUT2D eigenvalue weighted by atomic mass is 10.1. The van der Waals surface area contributed by atoms with E-state index in [-0.39, 0.29) is 25.9 Å². The molecular weight excluding hydrogens is 343 g/mol. The molecule has 0 unspecified atom stereocenters. The van der Waals surface area contributed by atoms with E-state index in [4.69, 9.17) is 5.11 Å². The number of nitrogens with one attached hydrogen (secondary N) is 3. The number of carbonyl (C=O) groups is 3. The van der Waals surface area contributed by atoms with Crippen LogP contribution in [0.1, 0.15) is 24.0 Å². The zero-order valence-electron chi connectivity index (χ0n) is 13.4. The molecule has 0 aromatic heterocycles. The quantitative estimate of drug-likeness (QED) is 0.558. The van der Waals surface area contributed by atoms with Crippen LogP contribution in [0.5, 0.6) is 0 Å². The van der Waals surface area contributed by atoms with Crippen LogP contribution in [0.15, 0.2) is 18.2 Å². The first kappa shape index (κ1) is 20.3. The minimum Gasteiger partial charge on any atom is -0.481 e. The molecule has 0 aliphatic heterocycles. The average molecular weight is 361 g/mol. The first-order valence-corrected chi connectivity index (χ1v) is 7.30. The van der Waals surface area contributed by atoms with Gasteiger partial charge in [0.05, 0.1) is 0 Å². The number of carbonyl (C=O) groups excluding carboxylic acids is 2. The molecule has 7 nitrogen and oxygen atoms in total. The molecule has 0 aliphatic carbocycles. The number of urea groups is 1. The fourth-order valence-electron chi connectivity index (χ4n) is 1.94. The Morgan fingerprint density at radius 2 is 1.80 bits per heavy atom. The van der Waals surface area contributed by atoms with Gasteiger partial charge in [-0.2, -0.15) is 13.2 Å². The van der Waals surface area contributed by atoms with E-state index < -0.39 is 24.1 Å². The molecule has 138 valence electrons. The molecule has 3 amide bonds. The van der Waals surface area contributed by atoms with E-state index in [2.05, 4.69) is 10.6 Å². The van der Waals surface area contributed by atoms with Gasteiger partial charge in [-0.05, 0) is 36.6 Å². The fourth-order valence-corrected chi connectivity index (χ4v) is 1.94. The Kier molecular flexibility index (Phi) is 7.22. The van der Waals surface area contributed by atoms with Crippen molar-refractivity contribution in [2.45, 2.75) is 32.5 Å². The van der Waals surface area contributed by atoms with Gasteiger partial charge in [0, 0.05) is 25.2 Å². The summed E-state index contributed by atoms with van der Waals surface area (Å²) in [5, 5.41) is 15.2. The second-order valence-corrected chi connectivity index (χ2v) is 5.27. The molecule has 25 heavy (non-hydrogen) atoms. The first-order chi connectivity index (χ1) is 11.6. The average Bonchev–Trinajstić information content (AvgIpc) is 2.47. The highest BCUT2D eigenvalue weighted by Gasteiger charge is 2.38. The molecule has 0 saturated carbocycles. The van der Waals surface area contributed by atoms with Crippen LogP contribution in [0, 0.1) is 6.92 Å². The predicted molar refractivity (Wildman–Crippen MR) is 83.0 cm³/mol. The Morgan fingerprint density at radius 3 is 2.40 bits per heavy atom. The minimum absolute atomic E-state index is 0.0756. The molecule has 1 aromatic carbocycles. The van der Waals surface area contributed by atoms with Gasteiger partial charge >= 0.3 is 24.1 Å². The highest BCUT2D eigenvalue weighted by Crippen LogP contribution is 2.17. The van der Waals surface area contributed by atoms with E-state index in [0.717, 1.165) is 0 Å². The summed E-state index contributed by atoms with van der Waals surface area (Å²) >= 11 is 0. The van der Waals surface area contributed by atoms with Crippen LogP contribution in [-0.4, -0.2) is 35.7 Å². The number of carboxylic acid groups (broad SMARTS) is 1. The third-order valence-electron chi connectivity index (χ3n) is 2.96. The molecule has 1 aromatic rings. The van der Waals surface area contributed by atoms with Crippen molar-refractivity contribution in [1.82, 2.24) is 10.6 Å². The van der Waals surface area contributed by atoms with Crippen molar-refractivity contribution >= 4 is 23.6 Å². The van der Waals surface area contributed by atoms with Crippen molar-refractivity contribution in [2.75, 3.05) is 11.9 Å². The van der Waals surface area contributed by atoms with E-state index in [1.54, 1.807) is 24.4 Å². The first-order valence-electron chi connectivity index (χ1n) is 7.30. The number of rotatable bonds is 7. The Morgan fingerprint density at radius 1 is 1.12 bits per heavy atom. The van der Waals surface area contributed by atoms with Crippen LogP contribution < -0.4 is 16.0 Å². The van der Waals surface area contributed by atoms with E-state index >= 15 is 0 Å². The molecule has 10 heteroatoms. The number of hydrogen-bond acceptors (Lipinski definition) is 3. The van der Waals surface area contributed by atoms with Gasteiger partial charge in [0.2, 0.25) is 0 Å². The van der Waals surface area contributed by atoms with Gasteiger partial charge in [-0.3, -0.25) is 9.59 Å². The van der Waals surface area contributed by atoms with Gasteiger partial charge in [-0.1, -0.05) is 6.07 Å². The van der Waals surface area contributed by atoms with E-state index in [1.807, 2.05) is 0 Å². The van der Waals surface area contributed by atoms with Crippen molar-refractivity contribution in [1.29, 1.82) is 0 Å². The molecule has 0 heterocycles. The Bertz CT molecular complexity index is 647. The molecule has 0 aliphatic rings. The van der Waals surface area contributed by atoms with Gasteiger partial charge in [-0.15, -0.1) is 0 Å². The third kappa shape index (κ3) is 8.04. The zero-order valence-corrected chi connectivity index (χ0v) is 13.4. The topological polar surface area (TPSA) is 108 Å². The monoisotopic (exact) mass is 361 g/mol. The lowest BCUT2D eigenvalue weighted by molar-refractivity contribution is -0.173. The maximum Gasteiger partial charge on any atom is 0.471 e.